The molecular formula is C21H21NO7. The van der Waals surface area contributed by atoms with Crippen molar-refractivity contribution in [1.29, 1.82) is 0 Å². The normalized spacial score (nSPS) is 12.3. The number of nitrogens with zero attached hydrogens (tertiary/aromatic N) is 1. The van der Waals surface area contributed by atoms with Crippen LogP contribution in [0.1, 0.15) is 20.7 Å². The van der Waals surface area contributed by atoms with Gasteiger partial charge in [-0.1, -0.05) is 36.4 Å². The van der Waals surface area contributed by atoms with Gasteiger partial charge in [-0.15, -0.1) is 0 Å². The minimum Gasteiger partial charge on any atom is -0.478 e. The molecule has 0 spiro atoms. The van der Waals surface area contributed by atoms with Gasteiger partial charge in [-0.25, -0.2) is 14.4 Å². The SMILES string of the molecule is CN(C)C(=O)C(COC(=O)c1ccccc1)[C@H](OC(=O)c1ccccc1)C(=O)O. The van der Waals surface area contributed by atoms with Gasteiger partial charge in [0.15, 0.2) is 0 Å². The lowest BCUT2D eigenvalue weighted by atomic mass is 10.0. The minimum absolute atomic E-state index is 0.135. The van der Waals surface area contributed by atoms with Crippen LogP contribution in [0.5, 0.6) is 0 Å². The number of benzene rings is 2. The Hall–Kier alpha value is -3.68. The summed E-state index contributed by atoms with van der Waals surface area (Å²) in [4.78, 5) is 49.9. The van der Waals surface area contributed by atoms with Crippen LogP contribution in [-0.2, 0) is 19.1 Å². The first kappa shape index (κ1) is 21.6. The Bertz CT molecular complexity index is 865. The van der Waals surface area contributed by atoms with Crippen LogP contribution in [0, 0.1) is 5.92 Å². The summed E-state index contributed by atoms with van der Waals surface area (Å²) < 4.78 is 10.2. The Labute approximate surface area is 167 Å². The molecule has 152 valence electrons. The van der Waals surface area contributed by atoms with Crippen molar-refractivity contribution < 1.29 is 33.8 Å². The number of amides is 1. The van der Waals surface area contributed by atoms with Crippen molar-refractivity contribution in [3.8, 4) is 0 Å². The monoisotopic (exact) mass is 399 g/mol. The maximum atomic E-state index is 12.5. The van der Waals surface area contributed by atoms with Gasteiger partial charge in [0.25, 0.3) is 0 Å². The average molecular weight is 399 g/mol. The van der Waals surface area contributed by atoms with Gasteiger partial charge in [0.05, 0.1) is 11.1 Å². The van der Waals surface area contributed by atoms with Gasteiger partial charge in [-0.2, -0.15) is 0 Å². The topological polar surface area (TPSA) is 110 Å². The number of carbonyl (C=O) groups excluding carboxylic acids is 3. The molecule has 0 radical (unpaired) electrons. The summed E-state index contributed by atoms with van der Waals surface area (Å²) in [6, 6.07) is 15.8. The van der Waals surface area contributed by atoms with E-state index in [9.17, 15) is 24.3 Å². The summed E-state index contributed by atoms with van der Waals surface area (Å²) in [6.07, 6.45) is -1.83. The fourth-order valence-electron chi connectivity index (χ4n) is 2.51. The number of ether oxygens (including phenoxy) is 2. The summed E-state index contributed by atoms with van der Waals surface area (Å²) in [6.45, 7) is -0.566. The van der Waals surface area contributed by atoms with Crippen LogP contribution in [0.4, 0.5) is 0 Å². The molecule has 0 fully saturated rings. The lowest BCUT2D eigenvalue weighted by molar-refractivity contribution is -0.158. The zero-order valence-corrected chi connectivity index (χ0v) is 16.0. The van der Waals surface area contributed by atoms with E-state index in [1.807, 2.05) is 0 Å². The quantitative estimate of drug-likeness (QED) is 0.675. The van der Waals surface area contributed by atoms with E-state index in [1.165, 1.54) is 38.4 Å². The third-order valence-electron chi connectivity index (χ3n) is 4.01. The molecule has 0 heterocycles. The highest BCUT2D eigenvalue weighted by Crippen LogP contribution is 2.16. The molecule has 0 aromatic heterocycles. The highest BCUT2D eigenvalue weighted by atomic mass is 16.6. The fourth-order valence-corrected chi connectivity index (χ4v) is 2.51. The Morgan fingerprint density at radius 2 is 1.34 bits per heavy atom. The number of carboxylic acid groups (broad SMARTS) is 1. The lowest BCUT2D eigenvalue weighted by Crippen LogP contribution is -2.46. The van der Waals surface area contributed by atoms with E-state index in [4.69, 9.17) is 9.47 Å². The summed E-state index contributed by atoms with van der Waals surface area (Å²) >= 11 is 0. The first-order valence-corrected chi connectivity index (χ1v) is 8.73. The molecule has 1 N–H and O–H groups in total. The largest absolute Gasteiger partial charge is 0.478 e. The second-order valence-corrected chi connectivity index (χ2v) is 6.33. The molecule has 2 atom stereocenters. The minimum atomic E-state index is -1.83. The van der Waals surface area contributed by atoms with Crippen LogP contribution in [0.15, 0.2) is 60.7 Å². The van der Waals surface area contributed by atoms with Crippen molar-refractivity contribution in [2.24, 2.45) is 5.92 Å². The molecule has 1 unspecified atom stereocenters. The molecular weight excluding hydrogens is 378 g/mol. The van der Waals surface area contributed by atoms with Gasteiger partial charge in [-0.05, 0) is 24.3 Å². The van der Waals surface area contributed by atoms with Crippen LogP contribution in [0.3, 0.4) is 0 Å². The van der Waals surface area contributed by atoms with E-state index in [-0.39, 0.29) is 11.1 Å². The standard InChI is InChI=1S/C21H21NO7/c1-22(2)18(23)16(13-28-20(26)14-9-5-3-6-10-14)17(19(24)25)29-21(27)15-11-7-4-8-12-15/h3-12,16-17H,13H2,1-2H3,(H,24,25)/t16?,17-/m0/s1. The highest BCUT2D eigenvalue weighted by Gasteiger charge is 2.39. The van der Waals surface area contributed by atoms with E-state index in [0.29, 0.717) is 0 Å². The Morgan fingerprint density at radius 1 is 0.862 bits per heavy atom. The summed E-state index contributed by atoms with van der Waals surface area (Å²) in [7, 11) is 2.85. The lowest BCUT2D eigenvalue weighted by Gasteiger charge is -2.25. The number of hydrogen-bond donors (Lipinski definition) is 1. The van der Waals surface area contributed by atoms with Gasteiger partial charge in [0, 0.05) is 14.1 Å². The molecule has 8 heteroatoms. The molecule has 2 rings (SSSR count). The fraction of sp³-hybridized carbons (Fsp3) is 0.238. The predicted molar refractivity (Wildman–Crippen MR) is 102 cm³/mol. The van der Waals surface area contributed by atoms with Crippen LogP contribution in [0.2, 0.25) is 0 Å². The van der Waals surface area contributed by atoms with Gasteiger partial charge in [0.1, 0.15) is 12.5 Å². The van der Waals surface area contributed by atoms with Crippen LogP contribution in [-0.4, -0.2) is 60.6 Å². The highest BCUT2D eigenvalue weighted by molar-refractivity contribution is 5.93. The Morgan fingerprint density at radius 3 is 1.79 bits per heavy atom. The number of carboxylic acids is 1. The van der Waals surface area contributed by atoms with E-state index in [2.05, 4.69) is 0 Å². The first-order valence-electron chi connectivity index (χ1n) is 8.73. The van der Waals surface area contributed by atoms with Gasteiger partial charge >= 0.3 is 17.9 Å². The first-order chi connectivity index (χ1) is 13.8. The second kappa shape index (κ2) is 10.0. The van der Waals surface area contributed by atoms with Crippen molar-refractivity contribution in [3.05, 3.63) is 71.8 Å². The molecule has 0 saturated heterocycles. The van der Waals surface area contributed by atoms with Crippen LogP contribution in [0.25, 0.3) is 0 Å². The number of carbonyl (C=O) groups is 4. The van der Waals surface area contributed by atoms with E-state index < -0.39 is 42.4 Å². The molecule has 0 saturated carbocycles. The molecule has 0 aliphatic carbocycles. The molecule has 0 bridgehead atoms. The van der Waals surface area contributed by atoms with Crippen molar-refractivity contribution in [2.75, 3.05) is 20.7 Å². The van der Waals surface area contributed by atoms with Crippen LogP contribution < -0.4 is 0 Å². The zero-order chi connectivity index (χ0) is 21.4. The van der Waals surface area contributed by atoms with Gasteiger partial charge in [-0.3, -0.25) is 4.79 Å². The predicted octanol–water partition coefficient (Wildman–Crippen LogP) is 1.86. The van der Waals surface area contributed by atoms with E-state index in [0.717, 1.165) is 4.90 Å². The molecule has 29 heavy (non-hydrogen) atoms. The van der Waals surface area contributed by atoms with Crippen molar-refractivity contribution in [3.63, 3.8) is 0 Å². The zero-order valence-electron chi connectivity index (χ0n) is 16.0. The smallest absolute Gasteiger partial charge is 0.346 e. The summed E-state index contributed by atoms with van der Waals surface area (Å²) in [5.74, 6) is -5.21. The average Bonchev–Trinajstić information content (AvgIpc) is 2.73. The molecule has 0 aliphatic rings. The molecule has 2 aromatic rings. The van der Waals surface area contributed by atoms with Gasteiger partial charge in [0.2, 0.25) is 12.0 Å². The molecule has 8 nitrogen and oxygen atoms in total. The van der Waals surface area contributed by atoms with Gasteiger partial charge < -0.3 is 19.5 Å². The summed E-state index contributed by atoms with van der Waals surface area (Å²) in [5.41, 5.74) is 0.382. The maximum absolute atomic E-state index is 12.5. The van der Waals surface area contributed by atoms with Crippen LogP contribution >= 0.6 is 0 Å². The summed E-state index contributed by atoms with van der Waals surface area (Å²) in [5, 5.41) is 9.56. The molecule has 2 aromatic carbocycles. The number of hydrogen-bond acceptors (Lipinski definition) is 6. The number of esters is 2. The Kier molecular flexibility index (Phi) is 7.47. The molecule has 1 amide bonds. The van der Waals surface area contributed by atoms with Crippen molar-refractivity contribution in [1.82, 2.24) is 4.90 Å². The van der Waals surface area contributed by atoms with E-state index >= 15 is 0 Å². The van der Waals surface area contributed by atoms with E-state index in [1.54, 1.807) is 36.4 Å². The third-order valence-corrected chi connectivity index (χ3v) is 4.01. The maximum Gasteiger partial charge on any atom is 0.346 e. The number of aliphatic carboxylic acids is 1. The second-order valence-electron chi connectivity index (χ2n) is 6.33. The Balaban J connectivity index is 2.20. The van der Waals surface area contributed by atoms with Crippen molar-refractivity contribution >= 4 is 23.8 Å². The van der Waals surface area contributed by atoms with Crippen molar-refractivity contribution in [2.45, 2.75) is 6.10 Å². The molecule has 0 aliphatic heterocycles. The number of rotatable bonds is 8. The third kappa shape index (κ3) is 5.90.